The normalized spacial score (nSPS) is 11.0. The molecule has 2 aromatic carbocycles. The van der Waals surface area contributed by atoms with Gasteiger partial charge in [-0.3, -0.25) is 14.3 Å². The van der Waals surface area contributed by atoms with Crippen LogP contribution in [0.25, 0.3) is 0 Å². The SMILES string of the molecule is CS(=O)(=O)Nc1cccc(NC(=O)c2cc(C(=O)NCCc3ccccc3)cs2)c1. The molecule has 3 rings (SSSR count). The van der Waals surface area contributed by atoms with Crippen LogP contribution in [0.4, 0.5) is 11.4 Å². The third-order valence-corrected chi connectivity index (χ3v) is 5.59. The summed E-state index contributed by atoms with van der Waals surface area (Å²) in [7, 11) is -3.41. The van der Waals surface area contributed by atoms with Crippen molar-refractivity contribution in [2.75, 3.05) is 22.8 Å². The molecule has 156 valence electrons. The van der Waals surface area contributed by atoms with Crippen molar-refractivity contribution in [1.29, 1.82) is 0 Å². The van der Waals surface area contributed by atoms with Gasteiger partial charge in [-0.25, -0.2) is 8.42 Å². The average molecular weight is 444 g/mol. The first-order chi connectivity index (χ1) is 14.3. The topological polar surface area (TPSA) is 104 Å². The molecular weight excluding hydrogens is 422 g/mol. The highest BCUT2D eigenvalue weighted by atomic mass is 32.2. The van der Waals surface area contributed by atoms with Gasteiger partial charge < -0.3 is 10.6 Å². The van der Waals surface area contributed by atoms with Crippen molar-refractivity contribution in [2.24, 2.45) is 0 Å². The van der Waals surface area contributed by atoms with Crippen LogP contribution in [-0.2, 0) is 16.4 Å². The molecule has 3 aromatic rings. The number of carbonyl (C=O) groups is 2. The quantitative estimate of drug-likeness (QED) is 0.497. The number of anilines is 2. The predicted octanol–water partition coefficient (Wildman–Crippen LogP) is 3.34. The van der Waals surface area contributed by atoms with Gasteiger partial charge >= 0.3 is 0 Å². The molecule has 2 amide bonds. The van der Waals surface area contributed by atoms with Gasteiger partial charge in [0.1, 0.15) is 0 Å². The molecule has 0 unspecified atom stereocenters. The van der Waals surface area contributed by atoms with Crippen LogP contribution < -0.4 is 15.4 Å². The van der Waals surface area contributed by atoms with Gasteiger partial charge in [-0.15, -0.1) is 11.3 Å². The molecule has 3 N–H and O–H groups in total. The monoisotopic (exact) mass is 443 g/mol. The van der Waals surface area contributed by atoms with Crippen molar-refractivity contribution in [2.45, 2.75) is 6.42 Å². The second-order valence-electron chi connectivity index (χ2n) is 6.60. The minimum absolute atomic E-state index is 0.236. The summed E-state index contributed by atoms with van der Waals surface area (Å²) >= 11 is 1.16. The molecule has 9 heteroatoms. The largest absolute Gasteiger partial charge is 0.352 e. The molecule has 30 heavy (non-hydrogen) atoms. The smallest absolute Gasteiger partial charge is 0.265 e. The lowest BCUT2D eigenvalue weighted by atomic mass is 10.1. The maximum absolute atomic E-state index is 12.5. The van der Waals surface area contributed by atoms with Crippen LogP contribution in [0.5, 0.6) is 0 Å². The molecule has 0 aliphatic carbocycles. The van der Waals surface area contributed by atoms with Crippen LogP contribution in [-0.4, -0.2) is 33.0 Å². The Labute approximate surface area is 179 Å². The summed E-state index contributed by atoms with van der Waals surface area (Å²) in [5.74, 6) is -0.611. The van der Waals surface area contributed by atoms with Crippen molar-refractivity contribution in [3.05, 3.63) is 82.0 Å². The van der Waals surface area contributed by atoms with Crippen molar-refractivity contribution in [1.82, 2.24) is 5.32 Å². The summed E-state index contributed by atoms with van der Waals surface area (Å²) in [5.41, 5.74) is 2.34. The molecule has 0 radical (unpaired) electrons. The first-order valence-corrected chi connectivity index (χ1v) is 11.9. The van der Waals surface area contributed by atoms with E-state index in [1.165, 1.54) is 12.1 Å². The standard InChI is InChI=1S/C21H21N3O4S2/c1-30(27,28)24-18-9-5-8-17(13-18)23-21(26)19-12-16(14-29-19)20(25)22-11-10-15-6-3-2-4-7-15/h2-9,12-14,24H,10-11H2,1H3,(H,22,25)(H,23,26). The Hall–Kier alpha value is -3.17. The molecule has 0 saturated heterocycles. The maximum atomic E-state index is 12.5. The number of carbonyl (C=O) groups excluding carboxylic acids is 2. The second-order valence-corrected chi connectivity index (χ2v) is 9.26. The van der Waals surface area contributed by atoms with E-state index in [0.29, 0.717) is 28.4 Å². The highest BCUT2D eigenvalue weighted by molar-refractivity contribution is 7.92. The highest BCUT2D eigenvalue weighted by Gasteiger charge is 2.14. The van der Waals surface area contributed by atoms with Gasteiger partial charge in [0, 0.05) is 17.6 Å². The van der Waals surface area contributed by atoms with Gasteiger partial charge in [0.25, 0.3) is 11.8 Å². The number of nitrogens with one attached hydrogen (secondary N) is 3. The minimum atomic E-state index is -3.41. The molecular formula is C21H21N3O4S2. The molecule has 1 aromatic heterocycles. The Balaban J connectivity index is 1.57. The van der Waals surface area contributed by atoms with Crippen LogP contribution in [0.1, 0.15) is 25.6 Å². The Morgan fingerprint density at radius 3 is 2.40 bits per heavy atom. The fraction of sp³-hybridized carbons (Fsp3) is 0.143. The van der Waals surface area contributed by atoms with Gasteiger partial charge in [-0.2, -0.15) is 0 Å². The van der Waals surface area contributed by atoms with E-state index in [9.17, 15) is 18.0 Å². The fourth-order valence-corrected chi connectivity index (χ4v) is 4.05. The number of amides is 2. The number of hydrogen-bond acceptors (Lipinski definition) is 5. The molecule has 0 spiro atoms. The van der Waals surface area contributed by atoms with E-state index in [0.717, 1.165) is 29.6 Å². The first-order valence-electron chi connectivity index (χ1n) is 9.10. The van der Waals surface area contributed by atoms with E-state index in [2.05, 4.69) is 15.4 Å². The van der Waals surface area contributed by atoms with E-state index < -0.39 is 10.0 Å². The van der Waals surface area contributed by atoms with Gasteiger partial charge in [0.15, 0.2) is 0 Å². The van der Waals surface area contributed by atoms with Crippen molar-refractivity contribution in [3.63, 3.8) is 0 Å². The summed E-state index contributed by atoms with van der Waals surface area (Å²) in [6.07, 6.45) is 1.78. The number of hydrogen-bond donors (Lipinski definition) is 3. The molecule has 0 aliphatic rings. The lowest BCUT2D eigenvalue weighted by Gasteiger charge is -2.07. The van der Waals surface area contributed by atoms with E-state index in [4.69, 9.17) is 0 Å². The lowest BCUT2D eigenvalue weighted by molar-refractivity contribution is 0.0954. The number of sulfonamides is 1. The Morgan fingerprint density at radius 1 is 0.933 bits per heavy atom. The third-order valence-electron chi connectivity index (χ3n) is 4.05. The van der Waals surface area contributed by atoms with E-state index in [-0.39, 0.29) is 11.8 Å². The zero-order valence-electron chi connectivity index (χ0n) is 16.2. The molecule has 0 saturated carbocycles. The van der Waals surface area contributed by atoms with Gasteiger partial charge in [-0.1, -0.05) is 36.4 Å². The van der Waals surface area contributed by atoms with Crippen LogP contribution in [0.15, 0.2) is 66.0 Å². The summed E-state index contributed by atoms with van der Waals surface area (Å²) in [4.78, 5) is 25.2. The van der Waals surface area contributed by atoms with Gasteiger partial charge in [-0.05, 0) is 36.2 Å². The highest BCUT2D eigenvalue weighted by Crippen LogP contribution is 2.20. The van der Waals surface area contributed by atoms with Crippen LogP contribution in [0.2, 0.25) is 0 Å². The van der Waals surface area contributed by atoms with Crippen molar-refractivity contribution < 1.29 is 18.0 Å². The maximum Gasteiger partial charge on any atom is 0.265 e. The van der Waals surface area contributed by atoms with Gasteiger partial charge in [0.2, 0.25) is 10.0 Å². The van der Waals surface area contributed by atoms with E-state index in [1.54, 1.807) is 23.6 Å². The molecule has 0 fully saturated rings. The summed E-state index contributed by atoms with van der Waals surface area (Å²) in [5, 5.41) is 7.19. The van der Waals surface area contributed by atoms with E-state index in [1.807, 2.05) is 30.3 Å². The van der Waals surface area contributed by atoms with Crippen LogP contribution in [0.3, 0.4) is 0 Å². The zero-order chi connectivity index (χ0) is 21.6. The van der Waals surface area contributed by atoms with E-state index >= 15 is 0 Å². The number of rotatable bonds is 8. The number of benzene rings is 2. The van der Waals surface area contributed by atoms with Crippen molar-refractivity contribution in [3.8, 4) is 0 Å². The molecule has 0 bridgehead atoms. The van der Waals surface area contributed by atoms with Crippen molar-refractivity contribution >= 4 is 44.5 Å². The van der Waals surface area contributed by atoms with Crippen LogP contribution >= 0.6 is 11.3 Å². The third kappa shape index (κ3) is 6.43. The summed E-state index contributed by atoms with van der Waals surface area (Å²) in [6, 6.07) is 17.8. The Bertz CT molecular complexity index is 1140. The lowest BCUT2D eigenvalue weighted by Crippen LogP contribution is -2.25. The number of thiophene rings is 1. The molecule has 1 heterocycles. The average Bonchev–Trinajstić information content (AvgIpc) is 3.18. The first kappa shape index (κ1) is 21.5. The second kappa shape index (κ2) is 9.55. The van der Waals surface area contributed by atoms with Gasteiger partial charge in [0.05, 0.1) is 22.4 Å². The zero-order valence-corrected chi connectivity index (χ0v) is 17.8. The molecule has 0 aliphatic heterocycles. The molecule has 7 nitrogen and oxygen atoms in total. The summed E-state index contributed by atoms with van der Waals surface area (Å²) in [6.45, 7) is 0.500. The van der Waals surface area contributed by atoms with Crippen LogP contribution in [0, 0.1) is 0 Å². The minimum Gasteiger partial charge on any atom is -0.352 e. The summed E-state index contributed by atoms with van der Waals surface area (Å²) < 4.78 is 25.0. The Morgan fingerprint density at radius 2 is 1.67 bits per heavy atom. The Kier molecular flexibility index (Phi) is 6.86. The molecule has 0 atom stereocenters. The predicted molar refractivity (Wildman–Crippen MR) is 120 cm³/mol. The fourth-order valence-electron chi connectivity index (χ4n) is 2.71.